The molecule has 2 aromatic carbocycles. The number of carbonyl (C=O) groups excluding carboxylic acids is 1. The molecule has 4 aromatic rings. The molecule has 0 aliphatic rings. The number of nitrogens with one attached hydrogen (secondary N) is 2. The van der Waals surface area contributed by atoms with Crippen LogP contribution in [0.3, 0.4) is 0 Å². The van der Waals surface area contributed by atoms with E-state index >= 15 is 0 Å². The first-order valence-electron chi connectivity index (χ1n) is 8.08. The van der Waals surface area contributed by atoms with Crippen molar-refractivity contribution in [3.8, 4) is 11.5 Å². The summed E-state index contributed by atoms with van der Waals surface area (Å²) >= 11 is 5.98. The fourth-order valence-corrected chi connectivity index (χ4v) is 2.85. The average molecular weight is 367 g/mol. The van der Waals surface area contributed by atoms with Crippen LogP contribution in [0.1, 0.15) is 29.3 Å². The molecular weight excluding hydrogens is 352 g/mol. The van der Waals surface area contributed by atoms with E-state index in [9.17, 15) is 4.79 Å². The van der Waals surface area contributed by atoms with E-state index in [1.54, 1.807) is 25.1 Å². The summed E-state index contributed by atoms with van der Waals surface area (Å²) in [4.78, 5) is 19.9. The van der Waals surface area contributed by atoms with E-state index < -0.39 is 6.04 Å². The summed E-state index contributed by atoms with van der Waals surface area (Å²) in [5.41, 5.74) is 2.12. The van der Waals surface area contributed by atoms with Crippen molar-refractivity contribution in [2.45, 2.75) is 13.0 Å². The van der Waals surface area contributed by atoms with Gasteiger partial charge in [-0.15, -0.1) is 0 Å². The monoisotopic (exact) mass is 366 g/mol. The van der Waals surface area contributed by atoms with Gasteiger partial charge in [-0.05, 0) is 43.3 Å². The fourth-order valence-electron chi connectivity index (χ4n) is 2.67. The highest BCUT2D eigenvalue weighted by molar-refractivity contribution is 6.31. The zero-order valence-corrected chi connectivity index (χ0v) is 14.6. The van der Waals surface area contributed by atoms with Crippen molar-refractivity contribution < 1.29 is 9.32 Å². The Morgan fingerprint density at radius 3 is 2.81 bits per heavy atom. The molecule has 7 heteroatoms. The maximum Gasteiger partial charge on any atom is 0.268 e. The second-order valence-electron chi connectivity index (χ2n) is 5.93. The van der Waals surface area contributed by atoms with Gasteiger partial charge in [0, 0.05) is 21.5 Å². The Morgan fingerprint density at radius 2 is 2.00 bits per heavy atom. The predicted octanol–water partition coefficient (Wildman–Crippen LogP) is 4.36. The molecule has 0 saturated heterocycles. The average Bonchev–Trinajstić information content (AvgIpc) is 3.29. The summed E-state index contributed by atoms with van der Waals surface area (Å²) in [7, 11) is 0. The molecule has 2 N–H and O–H groups in total. The number of aromatic amines is 1. The second-order valence-corrected chi connectivity index (χ2v) is 6.37. The third-order valence-electron chi connectivity index (χ3n) is 4.02. The standard InChI is InChI=1S/C19H15ClN4O2/c1-11(17-23-19(26-24-17)12-5-3-2-4-6-12)21-18(25)16-10-13-9-14(20)7-8-15(13)22-16/h2-11,22H,1H3,(H,21,25). The third-order valence-corrected chi connectivity index (χ3v) is 4.26. The van der Waals surface area contributed by atoms with Crippen LogP contribution >= 0.6 is 11.6 Å². The van der Waals surface area contributed by atoms with Crippen LogP contribution in [-0.2, 0) is 0 Å². The van der Waals surface area contributed by atoms with Crippen LogP contribution in [-0.4, -0.2) is 21.0 Å². The van der Waals surface area contributed by atoms with Crippen LogP contribution in [0.5, 0.6) is 0 Å². The Hall–Kier alpha value is -3.12. The minimum atomic E-state index is -0.404. The fraction of sp³-hybridized carbons (Fsp3) is 0.105. The lowest BCUT2D eigenvalue weighted by Crippen LogP contribution is -2.27. The Kier molecular flexibility index (Phi) is 4.18. The van der Waals surface area contributed by atoms with Gasteiger partial charge in [0.05, 0.1) is 6.04 Å². The Bertz CT molecular complexity index is 1070. The number of carbonyl (C=O) groups is 1. The number of fused-ring (bicyclic) bond motifs is 1. The lowest BCUT2D eigenvalue weighted by Gasteiger charge is -2.08. The molecule has 1 unspecified atom stereocenters. The Morgan fingerprint density at radius 1 is 1.19 bits per heavy atom. The second kappa shape index (κ2) is 6.65. The molecule has 0 saturated carbocycles. The molecule has 0 aliphatic carbocycles. The van der Waals surface area contributed by atoms with Crippen LogP contribution in [0.2, 0.25) is 5.02 Å². The molecule has 1 amide bonds. The summed E-state index contributed by atoms with van der Waals surface area (Å²) < 4.78 is 5.29. The first-order valence-corrected chi connectivity index (χ1v) is 8.46. The normalized spacial score (nSPS) is 12.2. The number of hydrogen-bond donors (Lipinski definition) is 2. The molecule has 4 rings (SSSR count). The minimum Gasteiger partial charge on any atom is -0.351 e. The molecule has 6 nitrogen and oxygen atoms in total. The van der Waals surface area contributed by atoms with Gasteiger partial charge in [-0.3, -0.25) is 4.79 Å². The van der Waals surface area contributed by atoms with Gasteiger partial charge in [-0.2, -0.15) is 4.98 Å². The van der Waals surface area contributed by atoms with Crippen LogP contribution in [0.25, 0.3) is 22.4 Å². The van der Waals surface area contributed by atoms with Gasteiger partial charge >= 0.3 is 0 Å². The number of aromatic nitrogens is 3. The maximum atomic E-state index is 12.5. The quantitative estimate of drug-likeness (QED) is 0.562. The number of benzene rings is 2. The molecule has 0 spiro atoms. The van der Waals surface area contributed by atoms with E-state index in [2.05, 4.69) is 20.4 Å². The molecule has 1 atom stereocenters. The molecule has 2 aromatic heterocycles. The highest BCUT2D eigenvalue weighted by Crippen LogP contribution is 2.21. The van der Waals surface area contributed by atoms with Crippen LogP contribution in [0, 0.1) is 0 Å². The van der Waals surface area contributed by atoms with Crippen molar-refractivity contribution in [3.05, 3.63) is 71.1 Å². The summed E-state index contributed by atoms with van der Waals surface area (Å²) in [5, 5.41) is 8.33. The molecule has 0 radical (unpaired) electrons. The smallest absolute Gasteiger partial charge is 0.268 e. The van der Waals surface area contributed by atoms with Gasteiger partial charge in [-0.25, -0.2) is 0 Å². The van der Waals surface area contributed by atoms with Crippen LogP contribution < -0.4 is 5.32 Å². The first-order chi connectivity index (χ1) is 12.6. The minimum absolute atomic E-state index is 0.254. The zero-order valence-electron chi connectivity index (χ0n) is 13.9. The molecule has 0 bridgehead atoms. The Balaban J connectivity index is 1.51. The van der Waals surface area contributed by atoms with E-state index in [4.69, 9.17) is 16.1 Å². The predicted molar refractivity (Wildman–Crippen MR) is 98.9 cm³/mol. The van der Waals surface area contributed by atoms with Gasteiger partial charge < -0.3 is 14.8 Å². The largest absolute Gasteiger partial charge is 0.351 e. The summed E-state index contributed by atoms with van der Waals surface area (Å²) in [6.07, 6.45) is 0. The van der Waals surface area contributed by atoms with Gasteiger partial charge in [-0.1, -0.05) is 35.0 Å². The van der Waals surface area contributed by atoms with Gasteiger partial charge in [0.2, 0.25) is 0 Å². The number of nitrogens with zero attached hydrogens (tertiary/aromatic N) is 2. The van der Waals surface area contributed by atoms with Crippen LogP contribution in [0.4, 0.5) is 0 Å². The number of rotatable bonds is 4. The van der Waals surface area contributed by atoms with Crippen molar-refractivity contribution in [1.29, 1.82) is 0 Å². The molecule has 0 aliphatic heterocycles. The topological polar surface area (TPSA) is 83.8 Å². The maximum absolute atomic E-state index is 12.5. The molecule has 130 valence electrons. The molecular formula is C19H15ClN4O2. The van der Waals surface area contributed by atoms with Crippen molar-refractivity contribution in [2.75, 3.05) is 0 Å². The number of halogens is 1. The van der Waals surface area contributed by atoms with Gasteiger partial charge in [0.1, 0.15) is 5.69 Å². The molecule has 0 fully saturated rings. The van der Waals surface area contributed by atoms with E-state index in [0.717, 1.165) is 16.5 Å². The summed E-state index contributed by atoms with van der Waals surface area (Å²) in [6.45, 7) is 1.80. The lowest BCUT2D eigenvalue weighted by atomic mass is 10.2. The van der Waals surface area contributed by atoms with Gasteiger partial charge in [0.25, 0.3) is 11.8 Å². The van der Waals surface area contributed by atoms with E-state index in [-0.39, 0.29) is 5.91 Å². The van der Waals surface area contributed by atoms with Crippen molar-refractivity contribution in [2.24, 2.45) is 0 Å². The molecule has 2 heterocycles. The van der Waals surface area contributed by atoms with E-state index in [0.29, 0.717) is 22.4 Å². The highest BCUT2D eigenvalue weighted by atomic mass is 35.5. The van der Waals surface area contributed by atoms with E-state index in [1.807, 2.05) is 36.4 Å². The zero-order chi connectivity index (χ0) is 18.1. The number of amides is 1. The van der Waals surface area contributed by atoms with Crippen molar-refractivity contribution >= 4 is 28.4 Å². The SMILES string of the molecule is CC(NC(=O)c1cc2cc(Cl)ccc2[nH]1)c1noc(-c2ccccc2)n1. The molecule has 26 heavy (non-hydrogen) atoms. The van der Waals surface area contributed by atoms with Gasteiger partial charge in [0.15, 0.2) is 5.82 Å². The third kappa shape index (κ3) is 3.19. The summed E-state index contributed by atoms with van der Waals surface area (Å²) in [6, 6.07) is 16.2. The van der Waals surface area contributed by atoms with Crippen LogP contribution in [0.15, 0.2) is 59.1 Å². The van der Waals surface area contributed by atoms with Crippen molar-refractivity contribution in [1.82, 2.24) is 20.4 Å². The lowest BCUT2D eigenvalue weighted by molar-refractivity contribution is 0.0933. The first kappa shape index (κ1) is 16.4. The number of hydrogen-bond acceptors (Lipinski definition) is 4. The number of H-pyrrole nitrogens is 1. The van der Waals surface area contributed by atoms with E-state index in [1.165, 1.54) is 0 Å². The summed E-state index contributed by atoms with van der Waals surface area (Å²) in [5.74, 6) is 0.578. The highest BCUT2D eigenvalue weighted by Gasteiger charge is 2.18. The van der Waals surface area contributed by atoms with Crippen molar-refractivity contribution in [3.63, 3.8) is 0 Å². The Labute approximate surface area is 154 Å².